The van der Waals surface area contributed by atoms with Crippen LogP contribution >= 0.6 is 0 Å². The summed E-state index contributed by atoms with van der Waals surface area (Å²) in [6.07, 6.45) is 2.69. The molecule has 2 N–H and O–H groups in total. The van der Waals surface area contributed by atoms with Crippen LogP contribution in [0.4, 0.5) is 4.39 Å². The first-order valence-corrected chi connectivity index (χ1v) is 6.91. The molecule has 0 aromatic heterocycles. The van der Waals surface area contributed by atoms with Crippen molar-refractivity contribution in [2.24, 2.45) is 5.73 Å². The Morgan fingerprint density at radius 3 is 2.85 bits per heavy atom. The van der Waals surface area contributed by atoms with Gasteiger partial charge in [-0.05, 0) is 37.0 Å². The molecule has 1 saturated heterocycles. The van der Waals surface area contributed by atoms with Gasteiger partial charge in [-0.15, -0.1) is 0 Å². The Hall–Kier alpha value is -1.46. The van der Waals surface area contributed by atoms with E-state index in [9.17, 15) is 9.18 Å². The molecule has 2 rings (SSSR count). The maximum Gasteiger partial charge on any atom is 0.242 e. The van der Waals surface area contributed by atoms with Crippen LogP contribution in [-0.4, -0.2) is 43.2 Å². The molecule has 1 amide bonds. The molecule has 1 aliphatic heterocycles. The number of benzene rings is 1. The Morgan fingerprint density at radius 1 is 1.50 bits per heavy atom. The summed E-state index contributed by atoms with van der Waals surface area (Å²) in [6, 6.07) is 5.99. The lowest BCUT2D eigenvalue weighted by Crippen LogP contribution is -2.48. The van der Waals surface area contributed by atoms with Crippen LogP contribution in [0.15, 0.2) is 24.3 Å². The Kier molecular flexibility index (Phi) is 5.09. The number of nitrogens with two attached hydrogens (primary N) is 1. The lowest BCUT2D eigenvalue weighted by Gasteiger charge is -2.27. The van der Waals surface area contributed by atoms with Gasteiger partial charge in [0.1, 0.15) is 11.9 Å². The van der Waals surface area contributed by atoms with E-state index in [-0.39, 0.29) is 24.4 Å². The first-order valence-electron chi connectivity index (χ1n) is 6.91. The zero-order valence-electron chi connectivity index (χ0n) is 11.7. The standard InChI is InChI=1S/C15H21FN2O2/c1-20-10-14(17)15(19)18-8-2-3-13(18)9-11-4-6-12(16)7-5-11/h4-7,13-14H,2-3,8-10,17H2,1H3. The molecule has 0 saturated carbocycles. The lowest BCUT2D eigenvalue weighted by molar-refractivity contribution is -0.134. The molecule has 2 atom stereocenters. The Morgan fingerprint density at radius 2 is 2.20 bits per heavy atom. The van der Waals surface area contributed by atoms with Crippen molar-refractivity contribution in [3.63, 3.8) is 0 Å². The average Bonchev–Trinajstić information content (AvgIpc) is 2.89. The fourth-order valence-corrected chi connectivity index (χ4v) is 2.69. The van der Waals surface area contributed by atoms with Crippen molar-refractivity contribution >= 4 is 5.91 Å². The second-order valence-electron chi connectivity index (χ2n) is 5.22. The third-order valence-electron chi connectivity index (χ3n) is 3.71. The first kappa shape index (κ1) is 14.9. The minimum atomic E-state index is -0.603. The van der Waals surface area contributed by atoms with Crippen molar-refractivity contribution in [3.05, 3.63) is 35.6 Å². The fraction of sp³-hybridized carbons (Fsp3) is 0.533. The highest BCUT2D eigenvalue weighted by atomic mass is 19.1. The van der Waals surface area contributed by atoms with Gasteiger partial charge < -0.3 is 15.4 Å². The molecule has 1 aliphatic rings. The minimum absolute atomic E-state index is 0.0588. The molecular weight excluding hydrogens is 259 g/mol. The highest BCUT2D eigenvalue weighted by Gasteiger charge is 2.31. The summed E-state index contributed by atoms with van der Waals surface area (Å²) in [5.41, 5.74) is 6.86. The highest BCUT2D eigenvalue weighted by Crippen LogP contribution is 2.22. The van der Waals surface area contributed by atoms with Gasteiger partial charge in [-0.3, -0.25) is 4.79 Å². The SMILES string of the molecule is COCC(N)C(=O)N1CCCC1Cc1ccc(F)cc1. The van der Waals surface area contributed by atoms with Gasteiger partial charge >= 0.3 is 0 Å². The Bertz CT molecular complexity index is 450. The molecule has 1 fully saturated rings. The van der Waals surface area contributed by atoms with Crippen LogP contribution in [0.25, 0.3) is 0 Å². The van der Waals surface area contributed by atoms with Gasteiger partial charge in [0.2, 0.25) is 5.91 Å². The van der Waals surface area contributed by atoms with Gasteiger partial charge in [-0.2, -0.15) is 0 Å². The number of carbonyl (C=O) groups is 1. The molecule has 0 bridgehead atoms. The number of hydrogen-bond acceptors (Lipinski definition) is 3. The largest absolute Gasteiger partial charge is 0.383 e. The summed E-state index contributed by atoms with van der Waals surface area (Å²) in [4.78, 5) is 14.1. The second kappa shape index (κ2) is 6.81. The highest BCUT2D eigenvalue weighted by molar-refractivity contribution is 5.82. The van der Waals surface area contributed by atoms with Crippen LogP contribution in [0.3, 0.4) is 0 Å². The predicted octanol–water partition coefficient (Wildman–Crippen LogP) is 1.33. The molecular formula is C15H21FN2O2. The number of hydrogen-bond donors (Lipinski definition) is 1. The normalized spacial score (nSPS) is 20.1. The summed E-state index contributed by atoms with van der Waals surface area (Å²) < 4.78 is 17.8. The summed E-state index contributed by atoms with van der Waals surface area (Å²) in [6.45, 7) is 0.973. The van der Waals surface area contributed by atoms with Crippen LogP contribution in [-0.2, 0) is 16.0 Å². The Labute approximate surface area is 118 Å². The van der Waals surface area contributed by atoms with Crippen molar-refractivity contribution in [1.29, 1.82) is 0 Å². The molecule has 1 heterocycles. The zero-order valence-corrected chi connectivity index (χ0v) is 11.7. The topological polar surface area (TPSA) is 55.6 Å². The molecule has 1 aromatic rings. The van der Waals surface area contributed by atoms with Gasteiger partial charge in [-0.1, -0.05) is 12.1 Å². The maximum absolute atomic E-state index is 12.9. The number of likely N-dealkylation sites (tertiary alicyclic amines) is 1. The molecule has 2 unspecified atom stereocenters. The number of rotatable bonds is 5. The third-order valence-corrected chi connectivity index (χ3v) is 3.71. The van der Waals surface area contributed by atoms with Crippen LogP contribution in [0.1, 0.15) is 18.4 Å². The van der Waals surface area contributed by atoms with Gasteiger partial charge in [0.05, 0.1) is 6.61 Å². The number of halogens is 1. The smallest absolute Gasteiger partial charge is 0.242 e. The van der Waals surface area contributed by atoms with Crippen molar-refractivity contribution in [1.82, 2.24) is 4.90 Å². The van der Waals surface area contributed by atoms with E-state index in [0.29, 0.717) is 0 Å². The maximum atomic E-state index is 12.9. The average molecular weight is 280 g/mol. The zero-order chi connectivity index (χ0) is 14.5. The van der Waals surface area contributed by atoms with Crippen molar-refractivity contribution in [2.75, 3.05) is 20.3 Å². The van der Waals surface area contributed by atoms with E-state index in [1.807, 2.05) is 4.90 Å². The van der Waals surface area contributed by atoms with Crippen molar-refractivity contribution < 1.29 is 13.9 Å². The van der Waals surface area contributed by atoms with Crippen LogP contribution in [0.5, 0.6) is 0 Å². The monoisotopic (exact) mass is 280 g/mol. The van der Waals surface area contributed by atoms with E-state index in [1.54, 1.807) is 12.1 Å². The molecule has 20 heavy (non-hydrogen) atoms. The molecule has 0 aliphatic carbocycles. The van der Waals surface area contributed by atoms with Crippen LogP contribution in [0.2, 0.25) is 0 Å². The number of ether oxygens (including phenoxy) is 1. The predicted molar refractivity (Wildman–Crippen MR) is 74.7 cm³/mol. The summed E-state index contributed by atoms with van der Waals surface area (Å²) in [5, 5.41) is 0. The second-order valence-corrected chi connectivity index (χ2v) is 5.22. The summed E-state index contributed by atoms with van der Waals surface area (Å²) in [5.74, 6) is -0.299. The number of nitrogens with zero attached hydrogens (tertiary/aromatic N) is 1. The van der Waals surface area contributed by atoms with Crippen molar-refractivity contribution in [3.8, 4) is 0 Å². The molecule has 4 nitrogen and oxygen atoms in total. The van der Waals surface area contributed by atoms with E-state index >= 15 is 0 Å². The van der Waals surface area contributed by atoms with E-state index < -0.39 is 6.04 Å². The Balaban J connectivity index is 2.00. The minimum Gasteiger partial charge on any atom is -0.383 e. The van der Waals surface area contributed by atoms with Gasteiger partial charge in [0, 0.05) is 19.7 Å². The summed E-state index contributed by atoms with van der Waals surface area (Å²) in [7, 11) is 1.53. The van der Waals surface area contributed by atoms with Crippen LogP contribution < -0.4 is 5.73 Å². The van der Waals surface area contributed by atoms with Gasteiger partial charge in [0.15, 0.2) is 0 Å². The number of amides is 1. The van der Waals surface area contributed by atoms with Crippen molar-refractivity contribution in [2.45, 2.75) is 31.3 Å². The summed E-state index contributed by atoms with van der Waals surface area (Å²) >= 11 is 0. The fourth-order valence-electron chi connectivity index (χ4n) is 2.69. The quantitative estimate of drug-likeness (QED) is 0.885. The molecule has 5 heteroatoms. The lowest BCUT2D eigenvalue weighted by atomic mass is 10.0. The van der Waals surface area contributed by atoms with E-state index in [1.165, 1.54) is 19.2 Å². The molecule has 1 aromatic carbocycles. The van der Waals surface area contributed by atoms with E-state index in [4.69, 9.17) is 10.5 Å². The number of carbonyl (C=O) groups excluding carboxylic acids is 1. The van der Waals surface area contributed by atoms with Gasteiger partial charge in [0.25, 0.3) is 0 Å². The van der Waals surface area contributed by atoms with E-state index in [2.05, 4.69) is 0 Å². The third kappa shape index (κ3) is 3.55. The molecule has 0 radical (unpaired) electrons. The number of methoxy groups -OCH3 is 1. The first-order chi connectivity index (χ1) is 9.61. The molecule has 110 valence electrons. The van der Waals surface area contributed by atoms with E-state index in [0.717, 1.165) is 31.4 Å². The molecule has 0 spiro atoms. The van der Waals surface area contributed by atoms with Gasteiger partial charge in [-0.25, -0.2) is 4.39 Å². The van der Waals surface area contributed by atoms with Crippen LogP contribution in [0, 0.1) is 5.82 Å².